The Morgan fingerprint density at radius 2 is 1.67 bits per heavy atom. The van der Waals surface area contributed by atoms with Crippen LogP contribution in [0.25, 0.3) is 0 Å². The normalized spacial score (nSPS) is 15.6. The second-order valence-corrected chi connectivity index (χ2v) is 8.70. The van der Waals surface area contributed by atoms with Crippen molar-refractivity contribution in [2.45, 2.75) is 24.7 Å². The summed E-state index contributed by atoms with van der Waals surface area (Å²) in [6.07, 6.45) is 1.77. The molecule has 0 N–H and O–H groups in total. The van der Waals surface area contributed by atoms with E-state index in [1.807, 2.05) is 0 Å². The highest BCUT2D eigenvalue weighted by atomic mass is 32.2. The van der Waals surface area contributed by atoms with Gasteiger partial charge in [-0.2, -0.15) is 0 Å². The maximum absolute atomic E-state index is 14.4. The first-order chi connectivity index (χ1) is 12.9. The van der Waals surface area contributed by atoms with Crippen molar-refractivity contribution in [2.24, 2.45) is 5.92 Å². The van der Waals surface area contributed by atoms with Crippen molar-refractivity contribution in [2.75, 3.05) is 23.9 Å². The molecule has 1 aliphatic heterocycles. The maximum Gasteiger partial charge on any atom is 0.264 e. The monoisotopic (exact) mass is 390 g/mol. The highest BCUT2D eigenvalue weighted by Crippen LogP contribution is 2.26. The van der Waals surface area contributed by atoms with E-state index in [-0.39, 0.29) is 16.5 Å². The zero-order valence-electron chi connectivity index (χ0n) is 15.2. The number of nitrogens with zero attached hydrogens (tertiary/aromatic N) is 2. The number of carbonyl (C=O) groups is 1. The molecule has 3 rings (SSSR count). The fraction of sp³-hybridized carbons (Fsp3) is 0.350. The third-order valence-corrected chi connectivity index (χ3v) is 6.64. The first kappa shape index (κ1) is 19.4. The molecular weight excluding hydrogens is 367 g/mol. The number of hydrogen-bond acceptors (Lipinski definition) is 3. The summed E-state index contributed by atoms with van der Waals surface area (Å²) in [5.74, 6) is -0.452. The molecular formula is C20H23FN2O3S. The summed E-state index contributed by atoms with van der Waals surface area (Å²) in [6, 6.07) is 13.4. The van der Waals surface area contributed by atoms with Gasteiger partial charge in [0.2, 0.25) is 5.91 Å². The molecule has 1 aliphatic rings. The number of para-hydroxylation sites is 1. The molecule has 2 aromatic rings. The van der Waals surface area contributed by atoms with Gasteiger partial charge in [0, 0.05) is 13.1 Å². The second-order valence-electron chi connectivity index (χ2n) is 6.84. The van der Waals surface area contributed by atoms with Crippen LogP contribution in [0.15, 0.2) is 59.5 Å². The van der Waals surface area contributed by atoms with Gasteiger partial charge in [-0.3, -0.25) is 9.10 Å². The van der Waals surface area contributed by atoms with Crippen LogP contribution in [0.5, 0.6) is 0 Å². The number of likely N-dealkylation sites (tertiary alicyclic amines) is 1. The van der Waals surface area contributed by atoms with Crippen LogP contribution in [0, 0.1) is 11.7 Å². The lowest BCUT2D eigenvalue weighted by Crippen LogP contribution is -2.46. The Morgan fingerprint density at radius 3 is 2.30 bits per heavy atom. The Morgan fingerprint density at radius 1 is 1.07 bits per heavy atom. The van der Waals surface area contributed by atoms with Crippen molar-refractivity contribution in [1.29, 1.82) is 0 Å². The topological polar surface area (TPSA) is 57.7 Å². The number of sulfonamides is 1. The Kier molecular flexibility index (Phi) is 5.79. The smallest absolute Gasteiger partial charge is 0.264 e. The number of hydrogen-bond donors (Lipinski definition) is 0. The second kappa shape index (κ2) is 8.08. The number of carbonyl (C=O) groups excluding carboxylic acids is 1. The molecule has 2 aromatic carbocycles. The number of halogens is 1. The largest absolute Gasteiger partial charge is 0.341 e. The molecule has 0 saturated carbocycles. The van der Waals surface area contributed by atoms with E-state index in [1.54, 1.807) is 29.2 Å². The molecule has 1 amide bonds. The van der Waals surface area contributed by atoms with Crippen LogP contribution in [0.4, 0.5) is 10.1 Å². The fourth-order valence-electron chi connectivity index (χ4n) is 3.15. The van der Waals surface area contributed by atoms with Crippen molar-refractivity contribution < 1.29 is 17.6 Å². The van der Waals surface area contributed by atoms with E-state index in [0.717, 1.165) is 17.1 Å². The van der Waals surface area contributed by atoms with Crippen molar-refractivity contribution in [3.63, 3.8) is 0 Å². The number of anilines is 1. The van der Waals surface area contributed by atoms with Crippen molar-refractivity contribution in [1.82, 2.24) is 4.90 Å². The molecule has 0 aliphatic carbocycles. The van der Waals surface area contributed by atoms with Gasteiger partial charge >= 0.3 is 0 Å². The van der Waals surface area contributed by atoms with Crippen LogP contribution in [-0.2, 0) is 14.8 Å². The fourth-order valence-corrected chi connectivity index (χ4v) is 4.60. The Hall–Kier alpha value is -2.41. The Balaban J connectivity index is 1.94. The van der Waals surface area contributed by atoms with Gasteiger partial charge in [-0.25, -0.2) is 12.8 Å². The minimum Gasteiger partial charge on any atom is -0.341 e. The molecule has 144 valence electrons. The number of piperidine rings is 1. The van der Waals surface area contributed by atoms with Gasteiger partial charge in [-0.1, -0.05) is 37.3 Å². The van der Waals surface area contributed by atoms with E-state index >= 15 is 0 Å². The molecule has 1 fully saturated rings. The van der Waals surface area contributed by atoms with Gasteiger partial charge in [0.05, 0.1) is 10.6 Å². The zero-order chi connectivity index (χ0) is 19.4. The minimum absolute atomic E-state index is 0.0216. The van der Waals surface area contributed by atoms with E-state index in [4.69, 9.17) is 0 Å². The SMILES string of the molecule is CC1CCN(C(=O)CN(c2ccccc2F)S(=O)(=O)c2ccccc2)CC1. The van der Waals surface area contributed by atoms with Crippen LogP contribution < -0.4 is 4.31 Å². The van der Waals surface area contributed by atoms with E-state index in [0.29, 0.717) is 19.0 Å². The van der Waals surface area contributed by atoms with Crippen LogP contribution in [-0.4, -0.2) is 38.9 Å². The van der Waals surface area contributed by atoms with Gasteiger partial charge in [0.15, 0.2) is 0 Å². The third-order valence-electron chi connectivity index (χ3n) is 4.87. The molecule has 0 bridgehead atoms. The van der Waals surface area contributed by atoms with E-state index in [1.165, 1.54) is 30.3 Å². The predicted octanol–water partition coefficient (Wildman–Crippen LogP) is 3.28. The molecule has 0 spiro atoms. The molecule has 0 aromatic heterocycles. The molecule has 0 unspecified atom stereocenters. The summed E-state index contributed by atoms with van der Waals surface area (Å²) in [5, 5.41) is 0. The lowest BCUT2D eigenvalue weighted by atomic mass is 9.99. The number of amides is 1. The molecule has 27 heavy (non-hydrogen) atoms. The van der Waals surface area contributed by atoms with Gasteiger partial charge in [-0.15, -0.1) is 0 Å². The number of rotatable bonds is 5. The summed E-state index contributed by atoms with van der Waals surface area (Å²) >= 11 is 0. The molecule has 0 atom stereocenters. The predicted molar refractivity (Wildman–Crippen MR) is 102 cm³/mol. The van der Waals surface area contributed by atoms with Crippen molar-refractivity contribution in [3.05, 3.63) is 60.4 Å². The average Bonchev–Trinajstić information content (AvgIpc) is 2.68. The van der Waals surface area contributed by atoms with Crippen LogP contribution >= 0.6 is 0 Å². The summed E-state index contributed by atoms with van der Waals surface area (Å²) in [7, 11) is -4.08. The summed E-state index contributed by atoms with van der Waals surface area (Å²) in [4.78, 5) is 14.5. The van der Waals surface area contributed by atoms with Crippen LogP contribution in [0.3, 0.4) is 0 Å². The summed E-state index contributed by atoms with van der Waals surface area (Å²) in [6.45, 7) is 2.90. The quantitative estimate of drug-likeness (QED) is 0.787. The van der Waals surface area contributed by atoms with Gasteiger partial charge in [0.1, 0.15) is 12.4 Å². The average molecular weight is 390 g/mol. The molecule has 1 heterocycles. The lowest BCUT2D eigenvalue weighted by molar-refractivity contribution is -0.130. The maximum atomic E-state index is 14.4. The van der Waals surface area contributed by atoms with Crippen molar-refractivity contribution in [3.8, 4) is 0 Å². The summed E-state index contributed by atoms with van der Waals surface area (Å²) < 4.78 is 41.6. The van der Waals surface area contributed by atoms with Crippen molar-refractivity contribution >= 4 is 21.6 Å². The summed E-state index contributed by atoms with van der Waals surface area (Å²) in [5.41, 5.74) is -0.125. The standard InChI is InChI=1S/C20H23FN2O3S/c1-16-11-13-22(14-12-16)20(24)15-23(19-10-6-5-9-18(19)21)27(25,26)17-7-3-2-4-8-17/h2-10,16H,11-15H2,1H3. The Labute approximate surface area is 159 Å². The Bertz CT molecular complexity index is 894. The van der Waals surface area contributed by atoms with E-state index < -0.39 is 22.4 Å². The van der Waals surface area contributed by atoms with Crippen LogP contribution in [0.1, 0.15) is 19.8 Å². The van der Waals surface area contributed by atoms with E-state index in [2.05, 4.69) is 6.92 Å². The molecule has 7 heteroatoms. The van der Waals surface area contributed by atoms with Gasteiger partial charge < -0.3 is 4.90 Å². The molecule has 5 nitrogen and oxygen atoms in total. The lowest BCUT2D eigenvalue weighted by Gasteiger charge is -2.32. The highest BCUT2D eigenvalue weighted by molar-refractivity contribution is 7.92. The number of benzene rings is 2. The zero-order valence-corrected chi connectivity index (χ0v) is 16.0. The first-order valence-corrected chi connectivity index (χ1v) is 10.4. The first-order valence-electron chi connectivity index (χ1n) is 8.99. The van der Waals surface area contributed by atoms with Gasteiger partial charge in [0.25, 0.3) is 10.0 Å². The highest BCUT2D eigenvalue weighted by Gasteiger charge is 2.31. The molecule has 0 radical (unpaired) electrons. The molecule has 1 saturated heterocycles. The third kappa shape index (κ3) is 4.30. The van der Waals surface area contributed by atoms with E-state index in [9.17, 15) is 17.6 Å². The van der Waals surface area contributed by atoms with Gasteiger partial charge in [-0.05, 0) is 43.0 Å². The van der Waals surface area contributed by atoms with Crippen LogP contribution in [0.2, 0.25) is 0 Å². The minimum atomic E-state index is -4.08.